The zero-order valence-electron chi connectivity index (χ0n) is 14.9. The zero-order valence-corrected chi connectivity index (χ0v) is 14.9. The average molecular weight is 353 g/mol. The summed E-state index contributed by atoms with van der Waals surface area (Å²) < 4.78 is 0. The van der Waals surface area contributed by atoms with E-state index < -0.39 is 11.0 Å². The molecule has 1 aliphatic heterocycles. The molecule has 1 amide bonds. The average Bonchev–Trinajstić information content (AvgIpc) is 3.17. The molecule has 6 heteroatoms. The smallest absolute Gasteiger partial charge is 0.292 e. The van der Waals surface area contributed by atoms with Crippen molar-refractivity contribution in [1.29, 1.82) is 0 Å². The van der Waals surface area contributed by atoms with Crippen LogP contribution in [0, 0.1) is 17.0 Å². The second-order valence-corrected chi connectivity index (χ2v) is 6.69. The van der Waals surface area contributed by atoms with Gasteiger partial charge in [-0.05, 0) is 31.4 Å². The largest absolute Gasteiger partial charge is 0.368 e. The molecule has 1 unspecified atom stereocenters. The van der Waals surface area contributed by atoms with Crippen LogP contribution in [-0.2, 0) is 11.2 Å². The number of likely N-dealkylation sites (tertiary alicyclic amines) is 1. The maximum Gasteiger partial charge on any atom is 0.292 e. The molecule has 2 aromatic carbocycles. The molecule has 0 spiro atoms. The van der Waals surface area contributed by atoms with Crippen molar-refractivity contribution in [2.24, 2.45) is 0 Å². The van der Waals surface area contributed by atoms with Gasteiger partial charge in [-0.15, -0.1) is 0 Å². The van der Waals surface area contributed by atoms with Gasteiger partial charge in [0.25, 0.3) is 5.69 Å². The van der Waals surface area contributed by atoms with Gasteiger partial charge in [-0.2, -0.15) is 0 Å². The van der Waals surface area contributed by atoms with E-state index in [0.29, 0.717) is 12.1 Å². The Balaban J connectivity index is 1.86. The lowest BCUT2D eigenvalue weighted by molar-refractivity contribution is -0.384. The molecule has 0 radical (unpaired) electrons. The summed E-state index contributed by atoms with van der Waals surface area (Å²) in [5.74, 6) is 0.00114. The number of nitro benzene ring substituents is 1. The molecule has 2 aromatic rings. The molecular formula is C20H23N3O3. The summed E-state index contributed by atoms with van der Waals surface area (Å²) in [5, 5.41) is 14.4. The number of aryl methyl sites for hydroxylation is 1. The first kappa shape index (κ1) is 17.9. The molecule has 136 valence electrons. The molecule has 1 aliphatic rings. The Kier molecular flexibility index (Phi) is 5.51. The van der Waals surface area contributed by atoms with Gasteiger partial charge in [0.1, 0.15) is 11.7 Å². The van der Waals surface area contributed by atoms with E-state index in [-0.39, 0.29) is 11.6 Å². The number of rotatable bonds is 6. The van der Waals surface area contributed by atoms with Crippen LogP contribution in [-0.4, -0.2) is 34.9 Å². The summed E-state index contributed by atoms with van der Waals surface area (Å²) in [5.41, 5.74) is 2.54. The molecule has 1 saturated heterocycles. The van der Waals surface area contributed by atoms with Crippen LogP contribution < -0.4 is 5.32 Å². The summed E-state index contributed by atoms with van der Waals surface area (Å²) in [6.07, 6.45) is 2.50. The van der Waals surface area contributed by atoms with E-state index in [1.807, 2.05) is 36.1 Å². The van der Waals surface area contributed by atoms with Crippen LogP contribution in [0.3, 0.4) is 0 Å². The summed E-state index contributed by atoms with van der Waals surface area (Å²) in [7, 11) is 0. The number of benzene rings is 2. The van der Waals surface area contributed by atoms with Gasteiger partial charge in [-0.1, -0.05) is 42.0 Å². The molecule has 3 rings (SSSR count). The third-order valence-corrected chi connectivity index (χ3v) is 4.71. The van der Waals surface area contributed by atoms with Crippen LogP contribution in [0.2, 0.25) is 0 Å². The van der Waals surface area contributed by atoms with Gasteiger partial charge in [0.05, 0.1) is 4.92 Å². The minimum Gasteiger partial charge on any atom is -0.368 e. The number of hydrogen-bond acceptors (Lipinski definition) is 4. The predicted molar refractivity (Wildman–Crippen MR) is 101 cm³/mol. The summed E-state index contributed by atoms with van der Waals surface area (Å²) in [6.45, 7) is 3.52. The molecule has 0 aromatic heterocycles. The van der Waals surface area contributed by atoms with E-state index in [4.69, 9.17) is 0 Å². The lowest BCUT2D eigenvalue weighted by Gasteiger charge is -2.25. The number of carbonyl (C=O) groups is 1. The highest BCUT2D eigenvalue weighted by atomic mass is 16.6. The molecule has 1 fully saturated rings. The van der Waals surface area contributed by atoms with E-state index in [0.717, 1.165) is 37.1 Å². The quantitative estimate of drug-likeness (QED) is 0.636. The molecule has 6 nitrogen and oxygen atoms in total. The van der Waals surface area contributed by atoms with Crippen LogP contribution in [0.4, 0.5) is 11.4 Å². The van der Waals surface area contributed by atoms with Gasteiger partial charge in [0, 0.05) is 25.6 Å². The lowest BCUT2D eigenvalue weighted by Crippen LogP contribution is -2.42. The highest BCUT2D eigenvalue weighted by Gasteiger charge is 2.28. The fraction of sp³-hybridized carbons (Fsp3) is 0.350. The third-order valence-electron chi connectivity index (χ3n) is 4.71. The zero-order chi connectivity index (χ0) is 18.5. The SMILES string of the molecule is Cc1ccc(CC(Nc2ccccc2[N+](=O)[O-])C(=O)N2CCCC2)cc1. The summed E-state index contributed by atoms with van der Waals surface area (Å²) in [6, 6.07) is 14.0. The number of nitrogens with one attached hydrogen (secondary N) is 1. The van der Waals surface area contributed by atoms with Crippen molar-refractivity contribution in [2.45, 2.75) is 32.2 Å². The Morgan fingerprint density at radius 2 is 1.81 bits per heavy atom. The molecule has 1 atom stereocenters. The molecule has 1 heterocycles. The van der Waals surface area contributed by atoms with Crippen LogP contribution in [0.5, 0.6) is 0 Å². The second-order valence-electron chi connectivity index (χ2n) is 6.69. The van der Waals surface area contributed by atoms with Crippen molar-refractivity contribution >= 4 is 17.3 Å². The van der Waals surface area contributed by atoms with Gasteiger partial charge in [0.15, 0.2) is 0 Å². The van der Waals surface area contributed by atoms with E-state index >= 15 is 0 Å². The molecule has 0 aliphatic carbocycles. The Bertz CT molecular complexity index is 783. The van der Waals surface area contributed by atoms with E-state index in [9.17, 15) is 14.9 Å². The molecule has 1 N–H and O–H groups in total. The molecular weight excluding hydrogens is 330 g/mol. The maximum absolute atomic E-state index is 13.0. The molecule has 0 saturated carbocycles. The topological polar surface area (TPSA) is 75.5 Å². The van der Waals surface area contributed by atoms with E-state index in [1.165, 1.54) is 6.07 Å². The first-order chi connectivity index (χ1) is 12.5. The van der Waals surface area contributed by atoms with Gasteiger partial charge in [-0.25, -0.2) is 0 Å². The van der Waals surface area contributed by atoms with Crippen molar-refractivity contribution in [3.05, 3.63) is 69.8 Å². The highest BCUT2D eigenvalue weighted by molar-refractivity contribution is 5.86. The number of amides is 1. The van der Waals surface area contributed by atoms with Crippen molar-refractivity contribution in [3.8, 4) is 0 Å². The number of nitro groups is 1. The first-order valence-electron chi connectivity index (χ1n) is 8.89. The van der Waals surface area contributed by atoms with Crippen LogP contribution >= 0.6 is 0 Å². The molecule has 0 bridgehead atoms. The van der Waals surface area contributed by atoms with Crippen molar-refractivity contribution in [2.75, 3.05) is 18.4 Å². The summed E-state index contributed by atoms with van der Waals surface area (Å²) in [4.78, 5) is 25.7. The predicted octanol–water partition coefficient (Wildman–Crippen LogP) is 3.55. The van der Waals surface area contributed by atoms with Crippen molar-refractivity contribution in [1.82, 2.24) is 4.90 Å². The third kappa shape index (κ3) is 4.20. The highest BCUT2D eigenvalue weighted by Crippen LogP contribution is 2.25. The maximum atomic E-state index is 13.0. The standard InChI is InChI=1S/C20H23N3O3/c1-15-8-10-16(11-9-15)14-18(20(24)22-12-4-5-13-22)21-17-6-2-3-7-19(17)23(25)26/h2-3,6-11,18,21H,4-5,12-14H2,1H3. The minimum atomic E-state index is -0.531. The summed E-state index contributed by atoms with van der Waals surface area (Å²) >= 11 is 0. The Hall–Kier alpha value is -2.89. The fourth-order valence-electron chi connectivity index (χ4n) is 3.26. The lowest BCUT2D eigenvalue weighted by atomic mass is 10.0. The molecule has 26 heavy (non-hydrogen) atoms. The van der Waals surface area contributed by atoms with Crippen molar-refractivity contribution < 1.29 is 9.72 Å². The van der Waals surface area contributed by atoms with Gasteiger partial charge >= 0.3 is 0 Å². The van der Waals surface area contributed by atoms with Gasteiger partial charge < -0.3 is 10.2 Å². The van der Waals surface area contributed by atoms with E-state index in [1.54, 1.807) is 18.2 Å². The number of hydrogen-bond donors (Lipinski definition) is 1. The number of carbonyl (C=O) groups excluding carboxylic acids is 1. The fourth-order valence-corrected chi connectivity index (χ4v) is 3.26. The van der Waals surface area contributed by atoms with Gasteiger partial charge in [0.2, 0.25) is 5.91 Å². The van der Waals surface area contributed by atoms with Crippen LogP contribution in [0.15, 0.2) is 48.5 Å². The van der Waals surface area contributed by atoms with Gasteiger partial charge in [-0.3, -0.25) is 14.9 Å². The Labute approximate surface area is 153 Å². The number of nitrogens with zero attached hydrogens (tertiary/aromatic N) is 2. The van der Waals surface area contributed by atoms with Crippen LogP contribution in [0.25, 0.3) is 0 Å². The number of anilines is 1. The van der Waals surface area contributed by atoms with Crippen molar-refractivity contribution in [3.63, 3.8) is 0 Å². The normalized spacial score (nSPS) is 14.9. The minimum absolute atomic E-state index is 0.00114. The second kappa shape index (κ2) is 7.99. The van der Waals surface area contributed by atoms with E-state index in [2.05, 4.69) is 5.32 Å². The first-order valence-corrected chi connectivity index (χ1v) is 8.89. The Morgan fingerprint density at radius 3 is 2.46 bits per heavy atom. The Morgan fingerprint density at radius 1 is 1.15 bits per heavy atom. The van der Waals surface area contributed by atoms with Crippen LogP contribution in [0.1, 0.15) is 24.0 Å². The monoisotopic (exact) mass is 353 g/mol. The number of para-hydroxylation sites is 2.